The van der Waals surface area contributed by atoms with Crippen LogP contribution in [0.1, 0.15) is 34.1 Å². The first-order chi connectivity index (χ1) is 14.5. The molecule has 1 aliphatic heterocycles. The lowest BCUT2D eigenvalue weighted by Crippen LogP contribution is -2.46. The largest absolute Gasteiger partial charge is 0.352 e. The fourth-order valence-electron chi connectivity index (χ4n) is 3.51. The standard InChI is InChI=1S/C23H29BrN4O2/c1-2-27-12-14-28(15-13-27)11-5-10-25-22(29)19-7-4-9-21(17-19)26-23(30)18-6-3-8-20(24)16-18/h3-4,6-9,16-17H,2,5,10-15H2,1H3,(H,25,29)(H,26,30). The highest BCUT2D eigenvalue weighted by atomic mass is 79.9. The second-order valence-electron chi connectivity index (χ2n) is 7.43. The van der Waals surface area contributed by atoms with Crippen LogP contribution in [0.5, 0.6) is 0 Å². The fourth-order valence-corrected chi connectivity index (χ4v) is 3.91. The number of hydrogen-bond acceptors (Lipinski definition) is 4. The van der Waals surface area contributed by atoms with Gasteiger partial charge in [0.05, 0.1) is 0 Å². The van der Waals surface area contributed by atoms with Crippen LogP contribution in [0.25, 0.3) is 0 Å². The van der Waals surface area contributed by atoms with Gasteiger partial charge in [-0.3, -0.25) is 9.59 Å². The predicted octanol–water partition coefficient (Wildman–Crippen LogP) is 3.46. The number of likely N-dealkylation sites (N-methyl/N-ethyl adjacent to an activating group) is 1. The van der Waals surface area contributed by atoms with E-state index in [0.717, 1.165) is 50.2 Å². The van der Waals surface area contributed by atoms with Crippen molar-refractivity contribution < 1.29 is 9.59 Å². The van der Waals surface area contributed by atoms with Crippen LogP contribution in [0, 0.1) is 0 Å². The van der Waals surface area contributed by atoms with Gasteiger partial charge in [-0.2, -0.15) is 0 Å². The van der Waals surface area contributed by atoms with Crippen LogP contribution in [0.15, 0.2) is 53.0 Å². The Hall–Kier alpha value is -2.22. The summed E-state index contributed by atoms with van der Waals surface area (Å²) in [7, 11) is 0. The maximum Gasteiger partial charge on any atom is 0.255 e. The summed E-state index contributed by atoms with van der Waals surface area (Å²) < 4.78 is 0.843. The predicted molar refractivity (Wildman–Crippen MR) is 124 cm³/mol. The Bertz CT molecular complexity index is 866. The summed E-state index contributed by atoms with van der Waals surface area (Å²) in [6.45, 7) is 9.41. The van der Waals surface area contributed by atoms with Crippen LogP contribution < -0.4 is 10.6 Å². The summed E-state index contributed by atoms with van der Waals surface area (Å²) in [5, 5.41) is 5.83. The maximum absolute atomic E-state index is 12.5. The van der Waals surface area contributed by atoms with Gasteiger partial charge in [0.1, 0.15) is 0 Å². The SMILES string of the molecule is CCN1CCN(CCCNC(=O)c2cccc(NC(=O)c3cccc(Br)c3)c2)CC1. The summed E-state index contributed by atoms with van der Waals surface area (Å²) in [6.07, 6.45) is 0.928. The van der Waals surface area contributed by atoms with Crippen molar-refractivity contribution in [1.29, 1.82) is 0 Å². The van der Waals surface area contributed by atoms with Crippen LogP contribution in [0.4, 0.5) is 5.69 Å². The molecule has 1 heterocycles. The van der Waals surface area contributed by atoms with Crippen LogP contribution >= 0.6 is 15.9 Å². The minimum atomic E-state index is -0.211. The molecule has 0 radical (unpaired) electrons. The highest BCUT2D eigenvalue weighted by Crippen LogP contribution is 2.15. The highest BCUT2D eigenvalue weighted by Gasteiger charge is 2.15. The molecule has 0 spiro atoms. The Morgan fingerprint density at radius 3 is 2.30 bits per heavy atom. The number of amides is 2. The zero-order valence-electron chi connectivity index (χ0n) is 17.4. The van der Waals surface area contributed by atoms with Gasteiger partial charge < -0.3 is 20.4 Å². The first kappa shape index (κ1) is 22.5. The lowest BCUT2D eigenvalue weighted by atomic mass is 10.1. The molecule has 0 aliphatic carbocycles. The lowest BCUT2D eigenvalue weighted by molar-refractivity contribution is 0.0947. The summed E-state index contributed by atoms with van der Waals surface area (Å²) in [5.74, 6) is -0.332. The molecule has 2 amide bonds. The molecule has 2 aromatic carbocycles. The quantitative estimate of drug-likeness (QED) is 0.577. The molecule has 6 nitrogen and oxygen atoms in total. The van der Waals surface area contributed by atoms with E-state index < -0.39 is 0 Å². The average molecular weight is 473 g/mol. The van der Waals surface area contributed by atoms with Gasteiger partial charge in [0.2, 0.25) is 0 Å². The van der Waals surface area contributed by atoms with Gasteiger partial charge in [-0.15, -0.1) is 0 Å². The number of carbonyl (C=O) groups excluding carboxylic acids is 2. The highest BCUT2D eigenvalue weighted by molar-refractivity contribution is 9.10. The van der Waals surface area contributed by atoms with Crippen molar-refractivity contribution in [2.75, 3.05) is 51.1 Å². The molecular weight excluding hydrogens is 444 g/mol. The van der Waals surface area contributed by atoms with Crippen molar-refractivity contribution >= 4 is 33.4 Å². The third-order valence-corrected chi connectivity index (χ3v) is 5.81. The molecule has 30 heavy (non-hydrogen) atoms. The normalized spacial score (nSPS) is 15.0. The lowest BCUT2D eigenvalue weighted by Gasteiger charge is -2.33. The third-order valence-electron chi connectivity index (χ3n) is 5.32. The zero-order valence-corrected chi connectivity index (χ0v) is 19.0. The monoisotopic (exact) mass is 472 g/mol. The Balaban J connectivity index is 1.44. The van der Waals surface area contributed by atoms with Gasteiger partial charge in [0, 0.05) is 54.0 Å². The van der Waals surface area contributed by atoms with E-state index in [4.69, 9.17) is 0 Å². The van der Waals surface area contributed by atoms with E-state index in [1.54, 1.807) is 36.4 Å². The number of hydrogen-bond donors (Lipinski definition) is 2. The second kappa shape index (κ2) is 11.2. The maximum atomic E-state index is 12.5. The van der Waals surface area contributed by atoms with Crippen molar-refractivity contribution in [3.63, 3.8) is 0 Å². The second-order valence-corrected chi connectivity index (χ2v) is 8.35. The summed E-state index contributed by atoms with van der Waals surface area (Å²) in [5.41, 5.74) is 1.69. The Kier molecular flexibility index (Phi) is 8.42. The molecule has 2 N–H and O–H groups in total. The number of nitrogens with one attached hydrogen (secondary N) is 2. The van der Waals surface area contributed by atoms with E-state index in [-0.39, 0.29) is 11.8 Å². The van der Waals surface area contributed by atoms with E-state index in [0.29, 0.717) is 23.4 Å². The molecule has 0 bridgehead atoms. The van der Waals surface area contributed by atoms with Crippen LogP contribution in [-0.2, 0) is 0 Å². The molecule has 1 fully saturated rings. The number of rotatable bonds is 8. The van der Waals surface area contributed by atoms with Crippen molar-refractivity contribution in [1.82, 2.24) is 15.1 Å². The third kappa shape index (κ3) is 6.65. The van der Waals surface area contributed by atoms with Gasteiger partial charge in [0.25, 0.3) is 11.8 Å². The minimum absolute atomic E-state index is 0.121. The molecule has 0 atom stereocenters. The number of carbonyl (C=O) groups is 2. The first-order valence-electron chi connectivity index (χ1n) is 10.4. The van der Waals surface area contributed by atoms with Gasteiger partial charge >= 0.3 is 0 Å². The molecule has 0 unspecified atom stereocenters. The molecule has 160 valence electrons. The van der Waals surface area contributed by atoms with E-state index in [9.17, 15) is 9.59 Å². The van der Waals surface area contributed by atoms with Crippen molar-refractivity contribution in [2.24, 2.45) is 0 Å². The van der Waals surface area contributed by atoms with Crippen LogP contribution in [0.2, 0.25) is 0 Å². The topological polar surface area (TPSA) is 64.7 Å². The molecule has 3 rings (SSSR count). The van der Waals surface area contributed by atoms with Crippen LogP contribution in [0.3, 0.4) is 0 Å². The first-order valence-corrected chi connectivity index (χ1v) is 11.2. The van der Waals surface area contributed by atoms with Gasteiger partial charge in [-0.1, -0.05) is 35.0 Å². The smallest absolute Gasteiger partial charge is 0.255 e. The van der Waals surface area contributed by atoms with E-state index >= 15 is 0 Å². The van der Waals surface area contributed by atoms with Crippen molar-refractivity contribution in [3.8, 4) is 0 Å². The summed E-state index contributed by atoms with van der Waals surface area (Å²) in [6, 6.07) is 14.2. The molecule has 0 saturated carbocycles. The fraction of sp³-hybridized carbons (Fsp3) is 0.391. The molecular formula is C23H29BrN4O2. The van der Waals surface area contributed by atoms with Crippen molar-refractivity contribution in [2.45, 2.75) is 13.3 Å². The minimum Gasteiger partial charge on any atom is -0.352 e. The van der Waals surface area contributed by atoms with E-state index in [2.05, 4.69) is 43.3 Å². The molecule has 0 aromatic heterocycles. The number of benzene rings is 2. The van der Waals surface area contributed by atoms with Gasteiger partial charge in [-0.25, -0.2) is 0 Å². The molecule has 1 aliphatic rings. The Labute approximate surface area is 186 Å². The summed E-state index contributed by atoms with van der Waals surface area (Å²) >= 11 is 3.37. The molecule has 1 saturated heterocycles. The van der Waals surface area contributed by atoms with E-state index in [1.165, 1.54) is 0 Å². The van der Waals surface area contributed by atoms with E-state index in [1.807, 2.05) is 12.1 Å². The number of nitrogens with zero attached hydrogens (tertiary/aromatic N) is 2. The number of anilines is 1. The molecule has 7 heteroatoms. The van der Waals surface area contributed by atoms with Gasteiger partial charge in [-0.05, 0) is 55.9 Å². The van der Waals surface area contributed by atoms with Crippen molar-refractivity contribution in [3.05, 3.63) is 64.1 Å². The van der Waals surface area contributed by atoms with Gasteiger partial charge in [0.15, 0.2) is 0 Å². The zero-order chi connectivity index (χ0) is 21.3. The average Bonchev–Trinajstić information content (AvgIpc) is 2.77. The number of halogens is 1. The Morgan fingerprint density at radius 1 is 0.933 bits per heavy atom. The summed E-state index contributed by atoms with van der Waals surface area (Å²) in [4.78, 5) is 29.8. The van der Waals surface area contributed by atoms with Crippen LogP contribution in [-0.4, -0.2) is 67.4 Å². The Morgan fingerprint density at radius 2 is 1.60 bits per heavy atom. The molecule has 2 aromatic rings. The number of piperazine rings is 1.